The molecule has 3 amide bonds. The number of urea groups is 1. The van der Waals surface area contributed by atoms with E-state index in [4.69, 9.17) is 21.1 Å². The maximum atomic E-state index is 13.0. The molecule has 1 N–H and O–H groups in total. The van der Waals surface area contributed by atoms with Crippen molar-refractivity contribution in [3.63, 3.8) is 0 Å². The van der Waals surface area contributed by atoms with Gasteiger partial charge < -0.3 is 14.8 Å². The summed E-state index contributed by atoms with van der Waals surface area (Å²) < 4.78 is 10.6. The Hall–Kier alpha value is -3.06. The topological polar surface area (TPSA) is 84.9 Å². The first-order valence-corrected chi connectivity index (χ1v) is 8.59. The van der Waals surface area contributed by atoms with E-state index in [0.29, 0.717) is 27.6 Å². The molecule has 2 aliphatic heterocycles. The zero-order valence-corrected chi connectivity index (χ0v) is 15.1. The minimum Gasteiger partial charge on any atom is -0.454 e. The van der Waals surface area contributed by atoms with Gasteiger partial charge in [-0.3, -0.25) is 14.5 Å². The van der Waals surface area contributed by atoms with Crippen molar-refractivity contribution >= 4 is 29.3 Å². The van der Waals surface area contributed by atoms with Crippen LogP contribution < -0.4 is 14.8 Å². The molecule has 0 saturated carbocycles. The molecule has 0 aliphatic carbocycles. The van der Waals surface area contributed by atoms with Crippen LogP contribution in [0.15, 0.2) is 42.5 Å². The zero-order valence-electron chi connectivity index (χ0n) is 14.3. The van der Waals surface area contributed by atoms with Gasteiger partial charge in [0, 0.05) is 10.6 Å². The van der Waals surface area contributed by atoms with Crippen molar-refractivity contribution in [3.8, 4) is 11.5 Å². The molecule has 1 saturated heterocycles. The Morgan fingerprint density at radius 2 is 1.85 bits per heavy atom. The van der Waals surface area contributed by atoms with E-state index in [1.807, 2.05) is 0 Å². The predicted molar refractivity (Wildman–Crippen MR) is 95.9 cm³/mol. The van der Waals surface area contributed by atoms with E-state index in [-0.39, 0.29) is 19.1 Å². The second-order valence-electron chi connectivity index (χ2n) is 6.44. The summed E-state index contributed by atoms with van der Waals surface area (Å²) in [5, 5.41) is 3.17. The fourth-order valence-corrected chi connectivity index (χ4v) is 3.24. The summed E-state index contributed by atoms with van der Waals surface area (Å²) in [6.45, 7) is 1.35. The normalized spacial score (nSPS) is 20.7. The number of carbonyl (C=O) groups is 3. The van der Waals surface area contributed by atoms with Crippen LogP contribution in [0.3, 0.4) is 0 Å². The Labute approximate surface area is 159 Å². The number of carbonyl (C=O) groups excluding carboxylic acids is 3. The number of nitrogens with zero attached hydrogens (tertiary/aromatic N) is 1. The van der Waals surface area contributed by atoms with E-state index in [1.54, 1.807) is 49.4 Å². The number of halogens is 1. The molecular weight excluding hydrogens is 372 g/mol. The molecule has 8 heteroatoms. The number of Topliss-reactive ketones (excluding diaryl/α,β-unsaturated/α-hetero) is 1. The first-order valence-electron chi connectivity index (χ1n) is 8.21. The lowest BCUT2D eigenvalue weighted by Gasteiger charge is -2.22. The number of amides is 3. The van der Waals surface area contributed by atoms with Crippen LogP contribution in [-0.2, 0) is 10.3 Å². The van der Waals surface area contributed by atoms with Crippen LogP contribution >= 0.6 is 11.6 Å². The Kier molecular flexibility index (Phi) is 4.04. The molecule has 0 unspecified atom stereocenters. The Morgan fingerprint density at radius 1 is 1.15 bits per heavy atom. The maximum Gasteiger partial charge on any atom is 0.325 e. The van der Waals surface area contributed by atoms with Gasteiger partial charge in [0.2, 0.25) is 6.79 Å². The van der Waals surface area contributed by atoms with Gasteiger partial charge >= 0.3 is 6.03 Å². The molecule has 0 spiro atoms. The molecule has 2 heterocycles. The van der Waals surface area contributed by atoms with E-state index in [0.717, 1.165) is 4.90 Å². The second kappa shape index (κ2) is 6.28. The van der Waals surface area contributed by atoms with Crippen LogP contribution in [0.1, 0.15) is 22.8 Å². The summed E-state index contributed by atoms with van der Waals surface area (Å²) in [7, 11) is 0. The van der Waals surface area contributed by atoms with Gasteiger partial charge in [0.05, 0.1) is 6.54 Å². The van der Waals surface area contributed by atoms with E-state index in [1.165, 1.54) is 0 Å². The highest BCUT2D eigenvalue weighted by atomic mass is 35.5. The minimum atomic E-state index is -1.29. The molecular formula is C19H15ClN2O5. The minimum absolute atomic E-state index is 0.109. The molecule has 0 radical (unpaired) electrons. The Bertz CT molecular complexity index is 959. The molecule has 138 valence electrons. The standard InChI is InChI=1S/C19H15ClN2O5/c1-19(12-4-7-15-16(8-12)27-10-26-15)17(24)22(18(25)21-19)9-14(23)11-2-5-13(20)6-3-11/h2-8H,9-10H2,1H3,(H,21,25)/t19-/m1/s1. The lowest BCUT2D eigenvalue weighted by molar-refractivity contribution is -0.130. The van der Waals surface area contributed by atoms with Crippen molar-refractivity contribution in [1.29, 1.82) is 0 Å². The number of imide groups is 1. The summed E-state index contributed by atoms with van der Waals surface area (Å²) in [6.07, 6.45) is 0. The van der Waals surface area contributed by atoms with E-state index >= 15 is 0 Å². The zero-order chi connectivity index (χ0) is 19.2. The molecule has 1 fully saturated rings. The molecule has 4 rings (SSSR count). The third-order valence-electron chi connectivity index (χ3n) is 4.69. The van der Waals surface area contributed by atoms with Gasteiger partial charge in [0.25, 0.3) is 5.91 Å². The maximum absolute atomic E-state index is 13.0. The molecule has 2 aliphatic rings. The third-order valence-corrected chi connectivity index (χ3v) is 4.94. The quantitative estimate of drug-likeness (QED) is 0.645. The highest BCUT2D eigenvalue weighted by molar-refractivity contribution is 6.30. The van der Waals surface area contributed by atoms with Crippen LogP contribution in [-0.4, -0.2) is 36.0 Å². The first kappa shape index (κ1) is 17.4. The average Bonchev–Trinajstić information content (AvgIpc) is 3.20. The van der Waals surface area contributed by atoms with Crippen LogP contribution in [0.5, 0.6) is 11.5 Å². The van der Waals surface area contributed by atoms with Gasteiger partial charge in [-0.1, -0.05) is 17.7 Å². The fraction of sp³-hybridized carbons (Fsp3) is 0.211. The van der Waals surface area contributed by atoms with Crippen molar-refractivity contribution in [3.05, 3.63) is 58.6 Å². The number of rotatable bonds is 4. The Morgan fingerprint density at radius 3 is 2.59 bits per heavy atom. The number of ketones is 1. The van der Waals surface area contributed by atoms with E-state index in [9.17, 15) is 14.4 Å². The highest BCUT2D eigenvalue weighted by Gasteiger charge is 2.49. The molecule has 27 heavy (non-hydrogen) atoms. The SMILES string of the molecule is C[C@]1(c2ccc3c(c2)OCO3)NC(=O)N(CC(=O)c2ccc(Cl)cc2)C1=O. The van der Waals surface area contributed by atoms with Crippen molar-refractivity contribution < 1.29 is 23.9 Å². The second-order valence-corrected chi connectivity index (χ2v) is 6.88. The monoisotopic (exact) mass is 386 g/mol. The van der Waals surface area contributed by atoms with Gasteiger partial charge in [-0.25, -0.2) is 4.79 Å². The van der Waals surface area contributed by atoms with Gasteiger partial charge in [0.15, 0.2) is 17.3 Å². The van der Waals surface area contributed by atoms with Crippen LogP contribution in [0.4, 0.5) is 4.79 Å². The molecule has 0 bridgehead atoms. The smallest absolute Gasteiger partial charge is 0.325 e. The molecule has 2 aromatic rings. The van der Waals surface area contributed by atoms with Crippen LogP contribution in [0, 0.1) is 0 Å². The summed E-state index contributed by atoms with van der Waals surface area (Å²) >= 11 is 5.82. The summed E-state index contributed by atoms with van der Waals surface area (Å²) in [6, 6.07) is 10.7. The highest BCUT2D eigenvalue weighted by Crippen LogP contribution is 2.37. The number of ether oxygens (including phenoxy) is 2. The summed E-state index contributed by atoms with van der Waals surface area (Å²) in [4.78, 5) is 38.7. The number of fused-ring (bicyclic) bond motifs is 1. The number of benzene rings is 2. The van der Waals surface area contributed by atoms with E-state index < -0.39 is 17.5 Å². The van der Waals surface area contributed by atoms with Gasteiger partial charge in [-0.05, 0) is 48.9 Å². The van der Waals surface area contributed by atoms with Gasteiger partial charge in [-0.15, -0.1) is 0 Å². The van der Waals surface area contributed by atoms with Crippen molar-refractivity contribution in [2.24, 2.45) is 0 Å². The fourth-order valence-electron chi connectivity index (χ4n) is 3.11. The van der Waals surface area contributed by atoms with Crippen LogP contribution in [0.2, 0.25) is 5.02 Å². The van der Waals surface area contributed by atoms with Crippen molar-refractivity contribution in [2.75, 3.05) is 13.3 Å². The van der Waals surface area contributed by atoms with E-state index in [2.05, 4.69) is 5.32 Å². The molecule has 2 aromatic carbocycles. The largest absolute Gasteiger partial charge is 0.454 e. The molecule has 1 atom stereocenters. The van der Waals surface area contributed by atoms with Gasteiger partial charge in [-0.2, -0.15) is 0 Å². The van der Waals surface area contributed by atoms with Crippen molar-refractivity contribution in [2.45, 2.75) is 12.5 Å². The van der Waals surface area contributed by atoms with Crippen molar-refractivity contribution in [1.82, 2.24) is 10.2 Å². The summed E-state index contributed by atoms with van der Waals surface area (Å²) in [5.74, 6) is 0.221. The lowest BCUT2D eigenvalue weighted by Crippen LogP contribution is -2.41. The predicted octanol–water partition coefficient (Wildman–Crippen LogP) is 2.72. The number of nitrogens with one attached hydrogen (secondary N) is 1. The molecule has 0 aromatic heterocycles. The molecule has 7 nitrogen and oxygen atoms in total. The average molecular weight is 387 g/mol. The van der Waals surface area contributed by atoms with Crippen LogP contribution in [0.25, 0.3) is 0 Å². The van der Waals surface area contributed by atoms with Gasteiger partial charge in [0.1, 0.15) is 5.54 Å². The summed E-state index contributed by atoms with van der Waals surface area (Å²) in [5.41, 5.74) is -0.374. The lowest BCUT2D eigenvalue weighted by atomic mass is 9.91. The Balaban J connectivity index is 1.58. The third kappa shape index (κ3) is 2.90. The number of hydrogen-bond acceptors (Lipinski definition) is 5. The number of hydrogen-bond donors (Lipinski definition) is 1. The first-order chi connectivity index (χ1) is 12.9.